The highest BCUT2D eigenvalue weighted by molar-refractivity contribution is 7.98. The average Bonchev–Trinajstić information content (AvgIpc) is 3.26. The van der Waals surface area contributed by atoms with E-state index in [0.29, 0.717) is 11.2 Å². The standard InChI is InChI=1S/C17H19N3S2/c1-2-4-12(5-3-1)16-10-14(20-22-16)15-11-21-17(19-15)13-6-8-18-9-7-13/h1-5,11,13,16,18H,6-10H2. The Kier molecular flexibility index (Phi) is 4.28. The molecular formula is C17H19N3S2. The summed E-state index contributed by atoms with van der Waals surface area (Å²) in [5, 5.41) is 7.36. The lowest BCUT2D eigenvalue weighted by molar-refractivity contribution is 0.459. The fraction of sp³-hybridized carbons (Fsp3) is 0.412. The molecule has 2 aromatic rings. The molecule has 0 saturated carbocycles. The van der Waals surface area contributed by atoms with E-state index in [4.69, 9.17) is 4.98 Å². The molecule has 1 atom stereocenters. The molecule has 0 amide bonds. The number of hydrogen-bond donors (Lipinski definition) is 1. The Morgan fingerprint density at radius 3 is 2.73 bits per heavy atom. The maximum Gasteiger partial charge on any atom is 0.0965 e. The molecule has 1 saturated heterocycles. The predicted molar refractivity (Wildman–Crippen MR) is 94.9 cm³/mol. The van der Waals surface area contributed by atoms with E-state index >= 15 is 0 Å². The van der Waals surface area contributed by atoms with Gasteiger partial charge < -0.3 is 5.32 Å². The maximum absolute atomic E-state index is 4.89. The Labute approximate surface area is 139 Å². The zero-order chi connectivity index (χ0) is 14.8. The van der Waals surface area contributed by atoms with Crippen LogP contribution >= 0.6 is 23.3 Å². The van der Waals surface area contributed by atoms with Gasteiger partial charge in [-0.2, -0.15) is 0 Å². The van der Waals surface area contributed by atoms with E-state index < -0.39 is 0 Å². The summed E-state index contributed by atoms with van der Waals surface area (Å²) in [5.74, 6) is 0.638. The van der Waals surface area contributed by atoms with E-state index in [1.807, 2.05) is 11.3 Å². The summed E-state index contributed by atoms with van der Waals surface area (Å²) < 4.78 is 4.69. The summed E-state index contributed by atoms with van der Waals surface area (Å²) in [6.45, 7) is 2.24. The lowest BCUT2D eigenvalue weighted by Gasteiger charge is -2.20. The van der Waals surface area contributed by atoms with Crippen molar-refractivity contribution in [2.24, 2.45) is 4.40 Å². The Morgan fingerprint density at radius 2 is 1.91 bits per heavy atom. The van der Waals surface area contributed by atoms with Crippen LogP contribution in [0.25, 0.3) is 0 Å². The van der Waals surface area contributed by atoms with Gasteiger partial charge in [-0.1, -0.05) is 30.3 Å². The molecule has 0 aliphatic carbocycles. The molecule has 0 bridgehead atoms. The zero-order valence-electron chi connectivity index (χ0n) is 12.4. The number of aromatic nitrogens is 1. The van der Waals surface area contributed by atoms with Crippen LogP contribution in [0.5, 0.6) is 0 Å². The normalized spacial score (nSPS) is 22.7. The largest absolute Gasteiger partial charge is 0.317 e. The van der Waals surface area contributed by atoms with Crippen molar-refractivity contribution in [1.82, 2.24) is 10.3 Å². The molecule has 1 aromatic heterocycles. The van der Waals surface area contributed by atoms with Gasteiger partial charge >= 0.3 is 0 Å². The van der Waals surface area contributed by atoms with Crippen molar-refractivity contribution in [3.8, 4) is 0 Å². The summed E-state index contributed by atoms with van der Waals surface area (Å²) in [6, 6.07) is 10.7. The van der Waals surface area contributed by atoms with Gasteiger partial charge in [-0.25, -0.2) is 9.38 Å². The van der Waals surface area contributed by atoms with Crippen molar-refractivity contribution >= 4 is 29.0 Å². The second-order valence-electron chi connectivity index (χ2n) is 5.84. The summed E-state index contributed by atoms with van der Waals surface area (Å²) >= 11 is 3.50. The first kappa shape index (κ1) is 14.4. The van der Waals surface area contributed by atoms with Gasteiger partial charge in [0.1, 0.15) is 0 Å². The van der Waals surface area contributed by atoms with Gasteiger partial charge in [0.05, 0.1) is 21.7 Å². The third kappa shape index (κ3) is 2.98. The van der Waals surface area contributed by atoms with Crippen LogP contribution in [0.3, 0.4) is 0 Å². The lowest BCUT2D eigenvalue weighted by atomic mass is 9.99. The first-order valence-electron chi connectivity index (χ1n) is 7.84. The highest BCUT2D eigenvalue weighted by Crippen LogP contribution is 2.40. The van der Waals surface area contributed by atoms with Crippen molar-refractivity contribution in [1.29, 1.82) is 0 Å². The minimum absolute atomic E-state index is 0.445. The lowest BCUT2D eigenvalue weighted by Crippen LogP contribution is -2.26. The van der Waals surface area contributed by atoms with E-state index in [9.17, 15) is 0 Å². The molecule has 22 heavy (non-hydrogen) atoms. The summed E-state index contributed by atoms with van der Waals surface area (Å²) in [4.78, 5) is 4.89. The Morgan fingerprint density at radius 1 is 1.09 bits per heavy atom. The Hall–Kier alpha value is -1.17. The monoisotopic (exact) mass is 329 g/mol. The average molecular weight is 329 g/mol. The van der Waals surface area contributed by atoms with E-state index in [2.05, 4.69) is 45.4 Å². The first-order valence-corrected chi connectivity index (χ1v) is 9.56. The molecule has 2 aliphatic heterocycles. The van der Waals surface area contributed by atoms with Crippen LogP contribution in [0.15, 0.2) is 40.1 Å². The molecular weight excluding hydrogens is 310 g/mol. The Bertz CT molecular complexity index is 660. The summed E-state index contributed by atoms with van der Waals surface area (Å²) in [6.07, 6.45) is 3.41. The number of nitrogens with one attached hydrogen (secondary N) is 1. The van der Waals surface area contributed by atoms with Crippen LogP contribution in [0, 0.1) is 0 Å². The van der Waals surface area contributed by atoms with Crippen molar-refractivity contribution in [3.63, 3.8) is 0 Å². The van der Waals surface area contributed by atoms with Crippen LogP contribution < -0.4 is 5.32 Å². The van der Waals surface area contributed by atoms with Gasteiger partial charge in [0.15, 0.2) is 0 Å². The van der Waals surface area contributed by atoms with Crippen LogP contribution in [0.2, 0.25) is 0 Å². The predicted octanol–water partition coefficient (Wildman–Crippen LogP) is 4.19. The van der Waals surface area contributed by atoms with Crippen molar-refractivity contribution in [2.45, 2.75) is 30.4 Å². The van der Waals surface area contributed by atoms with Gasteiger partial charge in [-0.05, 0) is 43.4 Å². The number of piperidine rings is 1. The Balaban J connectivity index is 1.46. The number of nitrogens with zero attached hydrogens (tertiary/aromatic N) is 2. The van der Waals surface area contributed by atoms with Crippen molar-refractivity contribution in [3.05, 3.63) is 52.0 Å². The fourth-order valence-electron chi connectivity index (χ4n) is 3.05. The quantitative estimate of drug-likeness (QED) is 0.858. The zero-order valence-corrected chi connectivity index (χ0v) is 14.0. The fourth-order valence-corrected chi connectivity index (χ4v) is 4.99. The third-order valence-corrected chi connectivity index (χ3v) is 6.37. The second-order valence-corrected chi connectivity index (χ2v) is 7.69. The minimum atomic E-state index is 0.445. The van der Waals surface area contributed by atoms with Gasteiger partial charge in [-0.15, -0.1) is 11.3 Å². The molecule has 0 radical (unpaired) electrons. The van der Waals surface area contributed by atoms with Crippen molar-refractivity contribution < 1.29 is 0 Å². The second kappa shape index (κ2) is 6.52. The SMILES string of the molecule is c1ccc(C2CC(c3csc(C4CCNCC4)n3)=NS2)cc1. The van der Waals surface area contributed by atoms with Crippen LogP contribution in [0.1, 0.15) is 46.7 Å². The smallest absolute Gasteiger partial charge is 0.0965 e. The van der Waals surface area contributed by atoms with E-state index in [1.165, 1.54) is 23.4 Å². The highest BCUT2D eigenvalue weighted by atomic mass is 32.2. The molecule has 1 N–H and O–H groups in total. The van der Waals surface area contributed by atoms with E-state index in [1.54, 1.807) is 11.9 Å². The first-order chi connectivity index (χ1) is 10.9. The molecule has 1 fully saturated rings. The molecule has 1 aromatic carbocycles. The van der Waals surface area contributed by atoms with Crippen LogP contribution in [-0.4, -0.2) is 23.8 Å². The highest BCUT2D eigenvalue weighted by Gasteiger charge is 2.25. The minimum Gasteiger partial charge on any atom is -0.317 e. The van der Waals surface area contributed by atoms with Crippen LogP contribution in [0.4, 0.5) is 0 Å². The van der Waals surface area contributed by atoms with Crippen molar-refractivity contribution in [2.75, 3.05) is 13.1 Å². The van der Waals surface area contributed by atoms with Gasteiger partial charge in [0.2, 0.25) is 0 Å². The van der Waals surface area contributed by atoms with Gasteiger partial charge in [0, 0.05) is 17.7 Å². The molecule has 4 rings (SSSR count). The number of rotatable bonds is 3. The summed E-state index contributed by atoms with van der Waals surface area (Å²) in [7, 11) is 0. The maximum atomic E-state index is 4.89. The molecule has 0 spiro atoms. The molecule has 114 valence electrons. The molecule has 2 aliphatic rings. The van der Waals surface area contributed by atoms with E-state index in [0.717, 1.165) is 30.9 Å². The molecule has 1 unspecified atom stereocenters. The molecule has 3 heterocycles. The van der Waals surface area contributed by atoms with Crippen LogP contribution in [-0.2, 0) is 0 Å². The summed E-state index contributed by atoms with van der Waals surface area (Å²) in [5.41, 5.74) is 3.62. The molecule has 3 nitrogen and oxygen atoms in total. The van der Waals surface area contributed by atoms with E-state index in [-0.39, 0.29) is 0 Å². The van der Waals surface area contributed by atoms with Gasteiger partial charge in [-0.3, -0.25) is 0 Å². The van der Waals surface area contributed by atoms with Gasteiger partial charge in [0.25, 0.3) is 0 Å². The third-order valence-electron chi connectivity index (χ3n) is 4.35. The topological polar surface area (TPSA) is 37.3 Å². The number of thiazole rings is 1. The number of benzene rings is 1. The molecule has 5 heteroatoms. The number of hydrogen-bond acceptors (Lipinski definition) is 5.